The summed E-state index contributed by atoms with van der Waals surface area (Å²) in [5, 5.41) is 9.08. The predicted molar refractivity (Wildman–Crippen MR) is 116 cm³/mol. The molecule has 0 unspecified atom stereocenters. The number of aryl methyl sites for hydroxylation is 1. The Hall–Kier alpha value is -3.73. The molecule has 3 rings (SSSR count). The molecule has 1 heterocycles. The van der Waals surface area contributed by atoms with E-state index in [-0.39, 0.29) is 29.1 Å². The third-order valence-corrected chi connectivity index (χ3v) is 4.56. The minimum atomic E-state index is -0.769. The number of carbonyl (C=O) groups is 1. The Morgan fingerprint density at radius 3 is 2.61 bits per heavy atom. The molecule has 0 bridgehead atoms. The fourth-order valence-electron chi connectivity index (χ4n) is 3.17. The minimum Gasteiger partial charge on any atom is -0.443 e. The van der Waals surface area contributed by atoms with Gasteiger partial charge in [-0.15, -0.1) is 0 Å². The Labute approximate surface area is 179 Å². The highest BCUT2D eigenvalue weighted by atomic mass is 19.1. The normalized spacial score (nSPS) is 11.3. The summed E-state index contributed by atoms with van der Waals surface area (Å²) in [5.41, 5.74) is -0.104. The molecular weight excluding hydrogens is 399 g/mol. The molecule has 0 atom stereocenters. The lowest BCUT2D eigenvalue weighted by atomic mass is 10.1. The van der Waals surface area contributed by atoms with E-state index in [0.717, 1.165) is 4.57 Å². The van der Waals surface area contributed by atoms with Crippen LogP contribution in [0.1, 0.15) is 38.8 Å². The van der Waals surface area contributed by atoms with Gasteiger partial charge >= 0.3 is 6.09 Å². The molecule has 8 heteroatoms. The van der Waals surface area contributed by atoms with Crippen LogP contribution < -0.4 is 10.5 Å². The van der Waals surface area contributed by atoms with Gasteiger partial charge in [-0.2, -0.15) is 5.26 Å². The molecule has 0 fully saturated rings. The third kappa shape index (κ3) is 4.26. The maximum atomic E-state index is 14.7. The number of nitrogens with zero attached hydrogens (tertiary/aromatic N) is 4. The first-order chi connectivity index (χ1) is 14.6. The molecule has 0 spiro atoms. The maximum absolute atomic E-state index is 14.7. The molecule has 3 aromatic rings. The van der Waals surface area contributed by atoms with Gasteiger partial charge in [-0.3, -0.25) is 4.79 Å². The molecular formula is C23H23FN4O3. The number of halogens is 1. The quantitative estimate of drug-likeness (QED) is 0.622. The highest BCUT2D eigenvalue weighted by molar-refractivity contribution is 5.89. The Bertz CT molecular complexity index is 1270. The molecule has 7 nitrogen and oxygen atoms in total. The summed E-state index contributed by atoms with van der Waals surface area (Å²) in [6.45, 7) is 8.77. The molecule has 0 saturated carbocycles. The Balaban J connectivity index is 2.40. The SMILES string of the molecule is CCN(C(=O)OC(C)(C)C)c1nc2c(C)ccc(F)c2c(=O)n1-c1cccc(C#N)c1. The van der Waals surface area contributed by atoms with Gasteiger partial charge < -0.3 is 4.74 Å². The van der Waals surface area contributed by atoms with Crippen LogP contribution in [-0.2, 0) is 4.74 Å². The minimum absolute atomic E-state index is 0.0157. The van der Waals surface area contributed by atoms with Gasteiger partial charge in [-0.1, -0.05) is 12.1 Å². The van der Waals surface area contributed by atoms with Gasteiger partial charge in [0.1, 0.15) is 16.8 Å². The number of nitriles is 1. The van der Waals surface area contributed by atoms with Crippen molar-refractivity contribution in [2.75, 3.05) is 11.4 Å². The van der Waals surface area contributed by atoms with Crippen molar-refractivity contribution in [1.82, 2.24) is 9.55 Å². The first-order valence-corrected chi connectivity index (χ1v) is 9.80. The second-order valence-electron chi connectivity index (χ2n) is 8.03. The van der Waals surface area contributed by atoms with Gasteiger partial charge in [-0.25, -0.2) is 23.6 Å². The van der Waals surface area contributed by atoms with Crippen molar-refractivity contribution in [2.24, 2.45) is 0 Å². The summed E-state index contributed by atoms with van der Waals surface area (Å²) >= 11 is 0. The van der Waals surface area contributed by atoms with Crippen LogP contribution in [0.25, 0.3) is 16.6 Å². The highest BCUT2D eigenvalue weighted by Crippen LogP contribution is 2.25. The Kier molecular flexibility index (Phi) is 5.80. The Morgan fingerprint density at radius 2 is 2.00 bits per heavy atom. The maximum Gasteiger partial charge on any atom is 0.417 e. The second kappa shape index (κ2) is 8.19. The van der Waals surface area contributed by atoms with Crippen LogP contribution >= 0.6 is 0 Å². The molecule has 0 aliphatic rings. The number of hydrogen-bond donors (Lipinski definition) is 0. The van der Waals surface area contributed by atoms with Gasteiger partial charge in [0.2, 0.25) is 5.95 Å². The predicted octanol–water partition coefficient (Wildman–Crippen LogP) is 4.47. The summed E-state index contributed by atoms with van der Waals surface area (Å²) in [5.74, 6) is -0.729. The number of ether oxygens (including phenoxy) is 1. The molecule has 1 aromatic heterocycles. The number of rotatable bonds is 3. The fraction of sp³-hybridized carbons (Fsp3) is 0.304. The zero-order valence-electron chi connectivity index (χ0n) is 18.1. The number of anilines is 1. The number of hydrogen-bond acceptors (Lipinski definition) is 5. The number of carbonyl (C=O) groups excluding carboxylic acids is 1. The monoisotopic (exact) mass is 422 g/mol. The van der Waals surface area contributed by atoms with E-state index in [0.29, 0.717) is 11.1 Å². The van der Waals surface area contributed by atoms with Crippen molar-refractivity contribution in [1.29, 1.82) is 5.26 Å². The van der Waals surface area contributed by atoms with Crippen LogP contribution in [0.3, 0.4) is 0 Å². The summed E-state index contributed by atoms with van der Waals surface area (Å²) in [6.07, 6.45) is -0.694. The van der Waals surface area contributed by atoms with Crippen molar-refractivity contribution in [2.45, 2.75) is 40.2 Å². The van der Waals surface area contributed by atoms with Gasteiger partial charge in [0.15, 0.2) is 0 Å². The van der Waals surface area contributed by atoms with E-state index >= 15 is 0 Å². The summed E-state index contributed by atoms with van der Waals surface area (Å²) in [6, 6.07) is 11.0. The highest BCUT2D eigenvalue weighted by Gasteiger charge is 2.28. The zero-order chi connectivity index (χ0) is 22.9. The van der Waals surface area contributed by atoms with Crippen molar-refractivity contribution >= 4 is 22.9 Å². The van der Waals surface area contributed by atoms with Gasteiger partial charge in [-0.05, 0) is 64.4 Å². The molecule has 0 saturated heterocycles. The van der Waals surface area contributed by atoms with E-state index in [4.69, 9.17) is 4.74 Å². The van der Waals surface area contributed by atoms with E-state index < -0.39 is 23.1 Å². The summed E-state index contributed by atoms with van der Waals surface area (Å²) < 4.78 is 21.3. The number of aromatic nitrogens is 2. The smallest absolute Gasteiger partial charge is 0.417 e. The van der Waals surface area contributed by atoms with Crippen molar-refractivity contribution in [3.8, 4) is 11.8 Å². The summed E-state index contributed by atoms with van der Waals surface area (Å²) in [7, 11) is 0. The third-order valence-electron chi connectivity index (χ3n) is 4.56. The lowest BCUT2D eigenvalue weighted by Gasteiger charge is -2.27. The van der Waals surface area contributed by atoms with Gasteiger partial charge in [0, 0.05) is 6.54 Å². The topological polar surface area (TPSA) is 88.2 Å². The lowest BCUT2D eigenvalue weighted by Crippen LogP contribution is -2.40. The largest absolute Gasteiger partial charge is 0.443 e. The van der Waals surface area contributed by atoms with E-state index in [1.54, 1.807) is 52.8 Å². The number of benzene rings is 2. The van der Waals surface area contributed by atoms with Gasteiger partial charge in [0.25, 0.3) is 5.56 Å². The lowest BCUT2D eigenvalue weighted by molar-refractivity contribution is 0.0579. The van der Waals surface area contributed by atoms with Gasteiger partial charge in [0.05, 0.1) is 22.8 Å². The number of fused-ring (bicyclic) bond motifs is 1. The number of amides is 1. The van der Waals surface area contributed by atoms with Crippen LogP contribution in [0.5, 0.6) is 0 Å². The molecule has 0 N–H and O–H groups in total. The summed E-state index contributed by atoms with van der Waals surface area (Å²) in [4.78, 5) is 32.1. The van der Waals surface area contributed by atoms with E-state index in [9.17, 15) is 19.2 Å². The molecule has 0 aliphatic carbocycles. The van der Waals surface area contributed by atoms with Crippen LogP contribution in [-0.4, -0.2) is 27.8 Å². The van der Waals surface area contributed by atoms with Crippen molar-refractivity contribution in [3.63, 3.8) is 0 Å². The zero-order valence-corrected chi connectivity index (χ0v) is 18.1. The first kappa shape index (κ1) is 22.0. The molecule has 2 aromatic carbocycles. The van der Waals surface area contributed by atoms with E-state index in [2.05, 4.69) is 4.98 Å². The van der Waals surface area contributed by atoms with Crippen LogP contribution in [0.2, 0.25) is 0 Å². The molecule has 0 aliphatic heterocycles. The molecule has 0 radical (unpaired) electrons. The van der Waals surface area contributed by atoms with E-state index in [1.807, 2.05) is 6.07 Å². The van der Waals surface area contributed by atoms with Crippen LogP contribution in [0.4, 0.5) is 15.1 Å². The van der Waals surface area contributed by atoms with Crippen LogP contribution in [0, 0.1) is 24.1 Å². The standard InChI is InChI=1S/C23H23FN4O3/c1-6-27(22(30)31-23(3,4)5)21-26-19-14(2)10-11-17(24)18(19)20(29)28(21)16-9-7-8-15(12-16)13-25/h7-12H,6H2,1-5H3. The molecule has 160 valence electrons. The van der Waals surface area contributed by atoms with E-state index in [1.165, 1.54) is 23.1 Å². The van der Waals surface area contributed by atoms with Crippen molar-refractivity contribution in [3.05, 3.63) is 63.7 Å². The fourth-order valence-corrected chi connectivity index (χ4v) is 3.17. The average molecular weight is 422 g/mol. The molecule has 31 heavy (non-hydrogen) atoms. The van der Waals surface area contributed by atoms with Crippen LogP contribution in [0.15, 0.2) is 41.2 Å². The van der Waals surface area contributed by atoms with Crippen molar-refractivity contribution < 1.29 is 13.9 Å². The molecule has 1 amide bonds. The average Bonchev–Trinajstić information content (AvgIpc) is 2.70. The Morgan fingerprint density at radius 1 is 1.29 bits per heavy atom. The second-order valence-corrected chi connectivity index (χ2v) is 8.03. The first-order valence-electron chi connectivity index (χ1n) is 9.80.